The first kappa shape index (κ1) is 15.0. The number of carbonyl (C=O) groups excluding carboxylic acids is 1. The molecule has 0 spiro atoms. The lowest BCUT2D eigenvalue weighted by Crippen LogP contribution is -2.50. The predicted octanol–water partition coefficient (Wildman–Crippen LogP) is 1.68. The van der Waals surface area contributed by atoms with E-state index >= 15 is 0 Å². The van der Waals surface area contributed by atoms with E-state index in [1.807, 2.05) is 6.07 Å². The van der Waals surface area contributed by atoms with Gasteiger partial charge in [-0.25, -0.2) is 0 Å². The van der Waals surface area contributed by atoms with E-state index < -0.39 is 0 Å². The van der Waals surface area contributed by atoms with E-state index in [-0.39, 0.29) is 18.0 Å². The Morgan fingerprint density at radius 2 is 2.15 bits per heavy atom. The van der Waals surface area contributed by atoms with Crippen LogP contribution in [0.1, 0.15) is 37.3 Å². The molecule has 4 heteroatoms. The Morgan fingerprint density at radius 1 is 1.40 bits per heavy atom. The molecule has 1 fully saturated rings. The molecule has 2 atom stereocenters. The number of nitrogens with one attached hydrogen (secondary N) is 1. The monoisotopic (exact) mass is 275 g/mol. The molecule has 0 saturated carbocycles. The van der Waals surface area contributed by atoms with Crippen molar-refractivity contribution in [2.45, 2.75) is 37.8 Å². The van der Waals surface area contributed by atoms with Crippen LogP contribution in [0.15, 0.2) is 30.3 Å². The van der Waals surface area contributed by atoms with Crippen molar-refractivity contribution in [3.8, 4) is 0 Å². The average Bonchev–Trinajstić information content (AvgIpc) is 2.53. The van der Waals surface area contributed by atoms with Gasteiger partial charge in [0.1, 0.15) is 0 Å². The maximum atomic E-state index is 12.1. The number of piperidine rings is 1. The molecule has 0 bridgehead atoms. The van der Waals surface area contributed by atoms with Gasteiger partial charge in [-0.3, -0.25) is 9.69 Å². The van der Waals surface area contributed by atoms with E-state index in [0.717, 1.165) is 32.2 Å². The van der Waals surface area contributed by atoms with Crippen LogP contribution in [0.2, 0.25) is 0 Å². The van der Waals surface area contributed by atoms with E-state index in [0.29, 0.717) is 6.54 Å². The van der Waals surface area contributed by atoms with Gasteiger partial charge in [-0.15, -0.1) is 0 Å². The Labute approximate surface area is 121 Å². The molecule has 0 aromatic heterocycles. The molecule has 0 radical (unpaired) electrons. The third-order valence-corrected chi connectivity index (χ3v) is 4.12. The molecule has 3 N–H and O–H groups in total. The zero-order valence-electron chi connectivity index (χ0n) is 12.2. The van der Waals surface area contributed by atoms with Gasteiger partial charge in [0.25, 0.3) is 0 Å². The van der Waals surface area contributed by atoms with Crippen molar-refractivity contribution in [2.24, 2.45) is 5.73 Å². The van der Waals surface area contributed by atoms with Crippen molar-refractivity contribution in [3.63, 3.8) is 0 Å². The van der Waals surface area contributed by atoms with E-state index in [2.05, 4.69) is 34.5 Å². The molecule has 2 unspecified atom stereocenters. The molecule has 1 aromatic rings. The number of carbonyl (C=O) groups is 1. The summed E-state index contributed by atoms with van der Waals surface area (Å²) in [6, 6.07) is 10.6. The van der Waals surface area contributed by atoms with Gasteiger partial charge in [-0.2, -0.15) is 0 Å². The summed E-state index contributed by atoms with van der Waals surface area (Å²) in [6.07, 6.45) is 4.10. The molecule has 110 valence electrons. The predicted molar refractivity (Wildman–Crippen MR) is 81.3 cm³/mol. The third-order valence-electron chi connectivity index (χ3n) is 4.12. The summed E-state index contributed by atoms with van der Waals surface area (Å²) in [5.41, 5.74) is 7.06. The van der Waals surface area contributed by atoms with Crippen molar-refractivity contribution in [3.05, 3.63) is 35.9 Å². The topological polar surface area (TPSA) is 58.4 Å². The van der Waals surface area contributed by atoms with Gasteiger partial charge in [0.05, 0.1) is 6.04 Å². The van der Waals surface area contributed by atoms with Crippen LogP contribution < -0.4 is 11.1 Å². The van der Waals surface area contributed by atoms with E-state index in [4.69, 9.17) is 5.73 Å². The molecule has 2 rings (SSSR count). The van der Waals surface area contributed by atoms with Gasteiger partial charge in [-0.1, -0.05) is 36.8 Å². The van der Waals surface area contributed by atoms with Crippen molar-refractivity contribution in [1.82, 2.24) is 10.2 Å². The first-order valence-corrected chi connectivity index (χ1v) is 7.50. The minimum Gasteiger partial charge on any atom is -0.358 e. The summed E-state index contributed by atoms with van der Waals surface area (Å²) in [6.45, 7) is 1.61. The molecule has 1 aliphatic rings. The van der Waals surface area contributed by atoms with Crippen LogP contribution >= 0.6 is 0 Å². The molecule has 1 aliphatic heterocycles. The largest absolute Gasteiger partial charge is 0.358 e. The lowest BCUT2D eigenvalue weighted by molar-refractivity contribution is -0.128. The number of hydrogen-bond donors (Lipinski definition) is 2. The Morgan fingerprint density at radius 3 is 2.80 bits per heavy atom. The first-order chi connectivity index (χ1) is 9.77. The lowest BCUT2D eigenvalue weighted by Gasteiger charge is -2.40. The highest BCUT2D eigenvalue weighted by molar-refractivity contribution is 5.81. The normalized spacial score (nSPS) is 21.4. The second-order valence-electron chi connectivity index (χ2n) is 5.37. The molecular formula is C16H25N3O. The molecule has 0 aliphatic carbocycles. The summed E-state index contributed by atoms with van der Waals surface area (Å²) >= 11 is 0. The van der Waals surface area contributed by atoms with Gasteiger partial charge in [-0.05, 0) is 37.9 Å². The Bertz CT molecular complexity index is 421. The van der Waals surface area contributed by atoms with Crippen LogP contribution in [0.4, 0.5) is 0 Å². The Balaban J connectivity index is 2.24. The molecule has 1 amide bonds. The summed E-state index contributed by atoms with van der Waals surface area (Å²) in [4.78, 5) is 14.5. The van der Waals surface area contributed by atoms with E-state index in [1.165, 1.54) is 5.56 Å². The van der Waals surface area contributed by atoms with E-state index in [9.17, 15) is 4.79 Å². The summed E-state index contributed by atoms with van der Waals surface area (Å²) in [5.74, 6) is 0.127. The highest BCUT2D eigenvalue weighted by Gasteiger charge is 2.33. The van der Waals surface area contributed by atoms with Crippen LogP contribution in [-0.4, -0.2) is 37.0 Å². The number of rotatable bonds is 5. The van der Waals surface area contributed by atoms with Gasteiger partial charge < -0.3 is 11.1 Å². The number of benzene rings is 1. The summed E-state index contributed by atoms with van der Waals surface area (Å²) in [5, 5.41) is 2.80. The van der Waals surface area contributed by atoms with Crippen molar-refractivity contribution in [2.75, 3.05) is 20.1 Å². The summed E-state index contributed by atoms with van der Waals surface area (Å²) in [7, 11) is 1.72. The zero-order valence-corrected chi connectivity index (χ0v) is 12.2. The quantitative estimate of drug-likeness (QED) is 0.859. The second-order valence-corrected chi connectivity index (χ2v) is 5.37. The van der Waals surface area contributed by atoms with Crippen LogP contribution in [0, 0.1) is 0 Å². The summed E-state index contributed by atoms with van der Waals surface area (Å²) < 4.78 is 0. The van der Waals surface area contributed by atoms with Crippen molar-refractivity contribution >= 4 is 5.91 Å². The number of likely N-dealkylation sites (tertiary alicyclic amines) is 1. The molecule has 20 heavy (non-hydrogen) atoms. The zero-order chi connectivity index (χ0) is 14.4. The number of nitrogens with two attached hydrogens (primary N) is 1. The second kappa shape index (κ2) is 7.41. The number of likely N-dealkylation sites (N-methyl/N-ethyl adjacent to an activating group) is 1. The fraction of sp³-hybridized carbons (Fsp3) is 0.562. The van der Waals surface area contributed by atoms with Gasteiger partial charge in [0.2, 0.25) is 5.91 Å². The third kappa shape index (κ3) is 3.38. The number of hydrogen-bond acceptors (Lipinski definition) is 3. The lowest BCUT2D eigenvalue weighted by atomic mass is 9.94. The number of nitrogens with zero attached hydrogens (tertiary/aromatic N) is 1. The standard InChI is InChI=1S/C16H25N3O/c1-18-16(20)15-9-5-6-12-19(15)14(10-11-17)13-7-3-2-4-8-13/h2-4,7-8,14-15H,5-6,9-12,17H2,1H3,(H,18,20). The molecule has 1 aromatic carbocycles. The fourth-order valence-electron chi connectivity index (χ4n) is 3.13. The van der Waals surface area contributed by atoms with Crippen molar-refractivity contribution < 1.29 is 4.79 Å². The minimum absolute atomic E-state index is 0.0227. The maximum Gasteiger partial charge on any atom is 0.237 e. The fourth-order valence-corrected chi connectivity index (χ4v) is 3.13. The van der Waals surface area contributed by atoms with Crippen LogP contribution in [0.5, 0.6) is 0 Å². The maximum absolute atomic E-state index is 12.1. The highest BCUT2D eigenvalue weighted by atomic mass is 16.2. The molecule has 4 nitrogen and oxygen atoms in total. The SMILES string of the molecule is CNC(=O)C1CCCCN1C(CCN)c1ccccc1. The van der Waals surface area contributed by atoms with Gasteiger partial charge in [0, 0.05) is 13.1 Å². The molecular weight excluding hydrogens is 250 g/mol. The first-order valence-electron chi connectivity index (χ1n) is 7.50. The van der Waals surface area contributed by atoms with Crippen molar-refractivity contribution in [1.29, 1.82) is 0 Å². The molecule has 1 saturated heterocycles. The minimum atomic E-state index is -0.0227. The van der Waals surface area contributed by atoms with E-state index in [1.54, 1.807) is 7.05 Å². The van der Waals surface area contributed by atoms with Crippen LogP contribution in [0.25, 0.3) is 0 Å². The number of amides is 1. The smallest absolute Gasteiger partial charge is 0.237 e. The average molecular weight is 275 g/mol. The highest BCUT2D eigenvalue weighted by Crippen LogP contribution is 2.30. The molecule has 1 heterocycles. The Hall–Kier alpha value is -1.39. The van der Waals surface area contributed by atoms with Crippen LogP contribution in [-0.2, 0) is 4.79 Å². The van der Waals surface area contributed by atoms with Gasteiger partial charge in [0.15, 0.2) is 0 Å². The van der Waals surface area contributed by atoms with Gasteiger partial charge >= 0.3 is 0 Å². The Kier molecular flexibility index (Phi) is 5.56. The van der Waals surface area contributed by atoms with Crippen LogP contribution in [0.3, 0.4) is 0 Å².